The summed E-state index contributed by atoms with van der Waals surface area (Å²) in [6.07, 6.45) is 5.58. The van der Waals surface area contributed by atoms with Crippen molar-refractivity contribution in [3.63, 3.8) is 0 Å². The highest BCUT2D eigenvalue weighted by Crippen LogP contribution is 2.15. The summed E-state index contributed by atoms with van der Waals surface area (Å²) in [6, 6.07) is 1.81. The van der Waals surface area contributed by atoms with Crippen LogP contribution in [0, 0.1) is 0 Å². The molecule has 0 saturated carbocycles. The predicted octanol–water partition coefficient (Wildman–Crippen LogP) is -0.612. The SMILES string of the molecule is OCC(CO)NC1CCCN(c2ncccn2)C1. The molecule has 2 heterocycles. The van der Waals surface area contributed by atoms with Gasteiger partial charge in [-0.15, -0.1) is 0 Å². The van der Waals surface area contributed by atoms with Crippen molar-refractivity contribution in [1.82, 2.24) is 15.3 Å². The second-order valence-corrected chi connectivity index (χ2v) is 4.56. The average molecular weight is 252 g/mol. The van der Waals surface area contributed by atoms with Gasteiger partial charge in [-0.3, -0.25) is 0 Å². The Morgan fingerprint density at radius 2 is 2.06 bits per heavy atom. The number of rotatable bonds is 5. The van der Waals surface area contributed by atoms with E-state index >= 15 is 0 Å². The molecule has 100 valence electrons. The van der Waals surface area contributed by atoms with Crippen LogP contribution in [0.2, 0.25) is 0 Å². The number of aliphatic hydroxyl groups excluding tert-OH is 2. The molecule has 6 nitrogen and oxygen atoms in total. The Balaban J connectivity index is 1.92. The Morgan fingerprint density at radius 3 is 2.72 bits per heavy atom. The highest BCUT2D eigenvalue weighted by Gasteiger charge is 2.23. The Labute approximate surface area is 107 Å². The van der Waals surface area contributed by atoms with Crippen LogP contribution in [0.25, 0.3) is 0 Å². The summed E-state index contributed by atoms with van der Waals surface area (Å²) < 4.78 is 0. The van der Waals surface area contributed by atoms with Gasteiger partial charge in [0.15, 0.2) is 0 Å². The fourth-order valence-corrected chi connectivity index (χ4v) is 2.25. The molecule has 0 aromatic carbocycles. The minimum atomic E-state index is -0.244. The lowest BCUT2D eigenvalue weighted by Crippen LogP contribution is -2.51. The molecule has 1 aliphatic rings. The average Bonchev–Trinajstić information content (AvgIpc) is 2.46. The zero-order valence-corrected chi connectivity index (χ0v) is 10.4. The minimum absolute atomic E-state index is 0.0468. The Kier molecular flexibility index (Phi) is 4.86. The smallest absolute Gasteiger partial charge is 0.225 e. The van der Waals surface area contributed by atoms with Crippen LogP contribution in [-0.2, 0) is 0 Å². The third-order valence-electron chi connectivity index (χ3n) is 3.17. The van der Waals surface area contributed by atoms with Gasteiger partial charge in [0.1, 0.15) is 0 Å². The van der Waals surface area contributed by atoms with Gasteiger partial charge in [0.05, 0.1) is 19.3 Å². The number of nitrogens with one attached hydrogen (secondary N) is 1. The Hall–Kier alpha value is -1.24. The van der Waals surface area contributed by atoms with Crippen LogP contribution >= 0.6 is 0 Å². The largest absolute Gasteiger partial charge is 0.395 e. The highest BCUT2D eigenvalue weighted by molar-refractivity contribution is 5.29. The van der Waals surface area contributed by atoms with Crippen molar-refractivity contribution in [2.75, 3.05) is 31.2 Å². The van der Waals surface area contributed by atoms with E-state index in [0.29, 0.717) is 0 Å². The van der Waals surface area contributed by atoms with E-state index in [-0.39, 0.29) is 25.3 Å². The first-order valence-corrected chi connectivity index (χ1v) is 6.33. The second-order valence-electron chi connectivity index (χ2n) is 4.56. The minimum Gasteiger partial charge on any atom is -0.395 e. The number of piperidine rings is 1. The van der Waals surface area contributed by atoms with E-state index in [1.165, 1.54) is 0 Å². The van der Waals surface area contributed by atoms with Gasteiger partial charge in [-0.25, -0.2) is 9.97 Å². The zero-order chi connectivity index (χ0) is 12.8. The lowest BCUT2D eigenvalue weighted by molar-refractivity contribution is 0.158. The van der Waals surface area contributed by atoms with Gasteiger partial charge in [-0.2, -0.15) is 0 Å². The van der Waals surface area contributed by atoms with Crippen molar-refractivity contribution in [2.24, 2.45) is 0 Å². The molecule has 0 amide bonds. The lowest BCUT2D eigenvalue weighted by Gasteiger charge is -2.34. The zero-order valence-electron chi connectivity index (χ0n) is 10.4. The maximum absolute atomic E-state index is 9.08. The van der Waals surface area contributed by atoms with Crippen molar-refractivity contribution in [3.05, 3.63) is 18.5 Å². The van der Waals surface area contributed by atoms with Crippen LogP contribution in [0.1, 0.15) is 12.8 Å². The van der Waals surface area contributed by atoms with Crippen molar-refractivity contribution < 1.29 is 10.2 Å². The molecule has 18 heavy (non-hydrogen) atoms. The number of hydrogen-bond acceptors (Lipinski definition) is 6. The molecule has 1 fully saturated rings. The highest BCUT2D eigenvalue weighted by atomic mass is 16.3. The molecule has 1 aliphatic heterocycles. The van der Waals surface area contributed by atoms with Crippen LogP contribution in [-0.4, -0.2) is 58.6 Å². The topological polar surface area (TPSA) is 81.5 Å². The fraction of sp³-hybridized carbons (Fsp3) is 0.667. The van der Waals surface area contributed by atoms with E-state index in [4.69, 9.17) is 10.2 Å². The monoisotopic (exact) mass is 252 g/mol. The standard InChI is InChI=1S/C12H20N4O2/c17-8-11(9-18)15-10-3-1-6-16(7-10)12-13-4-2-5-14-12/h2,4-5,10-11,15,17-18H,1,3,6-9H2. The Bertz CT molecular complexity index is 345. The maximum atomic E-state index is 9.08. The molecule has 1 aromatic heterocycles. The summed E-state index contributed by atoms with van der Waals surface area (Å²) in [5, 5.41) is 21.4. The summed E-state index contributed by atoms with van der Waals surface area (Å²) in [5.74, 6) is 0.744. The first-order chi connectivity index (χ1) is 8.83. The first-order valence-electron chi connectivity index (χ1n) is 6.33. The van der Waals surface area contributed by atoms with Crippen LogP contribution in [0.5, 0.6) is 0 Å². The normalized spacial score (nSPS) is 20.4. The second kappa shape index (κ2) is 6.63. The number of aromatic nitrogens is 2. The van der Waals surface area contributed by atoms with Crippen molar-refractivity contribution in [1.29, 1.82) is 0 Å². The molecular formula is C12H20N4O2. The quantitative estimate of drug-likeness (QED) is 0.648. The van der Waals surface area contributed by atoms with Crippen LogP contribution < -0.4 is 10.2 Å². The summed E-state index contributed by atoms with van der Waals surface area (Å²) >= 11 is 0. The van der Waals surface area contributed by atoms with Crippen LogP contribution in [0.4, 0.5) is 5.95 Å². The molecule has 2 rings (SSSR count). The third-order valence-corrected chi connectivity index (χ3v) is 3.17. The van der Waals surface area contributed by atoms with Gasteiger partial charge in [-0.05, 0) is 18.9 Å². The molecule has 1 atom stereocenters. The summed E-state index contributed by atoms with van der Waals surface area (Å²) in [7, 11) is 0. The third kappa shape index (κ3) is 3.38. The van der Waals surface area contributed by atoms with E-state index < -0.39 is 0 Å². The van der Waals surface area contributed by atoms with Gasteiger partial charge in [-0.1, -0.05) is 0 Å². The number of nitrogens with zero attached hydrogens (tertiary/aromatic N) is 3. The van der Waals surface area contributed by atoms with Crippen molar-refractivity contribution in [2.45, 2.75) is 24.9 Å². The molecule has 6 heteroatoms. The number of anilines is 1. The molecule has 0 spiro atoms. The Morgan fingerprint density at radius 1 is 1.33 bits per heavy atom. The predicted molar refractivity (Wildman–Crippen MR) is 68.4 cm³/mol. The van der Waals surface area contributed by atoms with E-state index in [1.807, 2.05) is 0 Å². The summed E-state index contributed by atoms with van der Waals surface area (Å²) in [5.41, 5.74) is 0. The van der Waals surface area contributed by atoms with Gasteiger partial charge < -0.3 is 20.4 Å². The molecule has 1 saturated heterocycles. The molecule has 0 aliphatic carbocycles. The van der Waals surface area contributed by atoms with Crippen LogP contribution in [0.3, 0.4) is 0 Å². The number of aliphatic hydroxyl groups is 2. The molecule has 0 bridgehead atoms. The lowest BCUT2D eigenvalue weighted by atomic mass is 10.1. The van der Waals surface area contributed by atoms with E-state index in [0.717, 1.165) is 31.9 Å². The van der Waals surface area contributed by atoms with Crippen molar-refractivity contribution in [3.8, 4) is 0 Å². The van der Waals surface area contributed by atoms with Gasteiger partial charge in [0.25, 0.3) is 0 Å². The van der Waals surface area contributed by atoms with Crippen molar-refractivity contribution >= 4 is 5.95 Å². The fourth-order valence-electron chi connectivity index (χ4n) is 2.25. The molecule has 0 radical (unpaired) electrons. The van der Waals surface area contributed by atoms with Crippen LogP contribution in [0.15, 0.2) is 18.5 Å². The van der Waals surface area contributed by atoms with Gasteiger partial charge in [0.2, 0.25) is 5.95 Å². The van der Waals surface area contributed by atoms with Gasteiger partial charge in [0, 0.05) is 31.5 Å². The molecular weight excluding hydrogens is 232 g/mol. The summed E-state index contributed by atoms with van der Waals surface area (Å²) in [6.45, 7) is 1.66. The first kappa shape index (κ1) is 13.2. The van der Waals surface area contributed by atoms with E-state index in [2.05, 4.69) is 20.2 Å². The molecule has 1 unspecified atom stereocenters. The number of hydrogen-bond donors (Lipinski definition) is 3. The van der Waals surface area contributed by atoms with E-state index in [9.17, 15) is 0 Å². The molecule has 3 N–H and O–H groups in total. The van der Waals surface area contributed by atoms with E-state index in [1.54, 1.807) is 18.5 Å². The molecule has 1 aromatic rings. The maximum Gasteiger partial charge on any atom is 0.225 e. The summed E-state index contributed by atoms with van der Waals surface area (Å²) in [4.78, 5) is 10.6. The van der Waals surface area contributed by atoms with Gasteiger partial charge >= 0.3 is 0 Å².